The quantitative estimate of drug-likeness (QED) is 0.778. The highest BCUT2D eigenvalue weighted by Gasteiger charge is 2.23. The van der Waals surface area contributed by atoms with Crippen molar-refractivity contribution in [2.45, 2.75) is 32.7 Å². The molecule has 1 N–H and O–H groups in total. The topological polar surface area (TPSA) is 81.4 Å². The molecular weight excluding hydrogens is 224 g/mol. The molecule has 1 atom stereocenters. The maximum Gasteiger partial charge on any atom is 0.328 e. The van der Waals surface area contributed by atoms with Crippen molar-refractivity contribution in [2.75, 3.05) is 7.11 Å². The minimum Gasteiger partial charge on any atom is -0.467 e. The van der Waals surface area contributed by atoms with Crippen LogP contribution >= 0.6 is 0 Å². The van der Waals surface area contributed by atoms with Crippen molar-refractivity contribution in [1.82, 2.24) is 10.3 Å². The fourth-order valence-electron chi connectivity index (χ4n) is 1.43. The van der Waals surface area contributed by atoms with Gasteiger partial charge in [-0.25, -0.2) is 9.78 Å². The van der Waals surface area contributed by atoms with E-state index in [4.69, 9.17) is 4.42 Å². The van der Waals surface area contributed by atoms with Gasteiger partial charge < -0.3 is 14.5 Å². The van der Waals surface area contributed by atoms with Crippen molar-refractivity contribution in [3.63, 3.8) is 0 Å². The van der Waals surface area contributed by atoms with Crippen LogP contribution in [0, 0.1) is 6.92 Å². The number of nitrogens with one attached hydrogen (secondary N) is 1. The van der Waals surface area contributed by atoms with Crippen LogP contribution in [0.4, 0.5) is 0 Å². The van der Waals surface area contributed by atoms with Gasteiger partial charge in [0.1, 0.15) is 11.8 Å². The standard InChI is InChI=1S/C11H16N2O4/c1-4-5-8(11(15)16-3)13-10(14)9-7(2)17-6-12-9/h6,8H,4-5H2,1-3H3,(H,13,14)/t8-/m1/s1. The molecule has 6 heteroatoms. The second-order valence-corrected chi connectivity index (χ2v) is 3.60. The van der Waals surface area contributed by atoms with Crippen LogP contribution in [0.3, 0.4) is 0 Å². The number of nitrogens with zero attached hydrogens (tertiary/aromatic N) is 1. The summed E-state index contributed by atoms with van der Waals surface area (Å²) in [5, 5.41) is 2.58. The molecule has 1 amide bonds. The van der Waals surface area contributed by atoms with Crippen LogP contribution in [-0.2, 0) is 9.53 Å². The maximum atomic E-state index is 11.8. The highest BCUT2D eigenvalue weighted by Crippen LogP contribution is 2.06. The van der Waals surface area contributed by atoms with Crippen LogP contribution in [0.15, 0.2) is 10.8 Å². The van der Waals surface area contributed by atoms with Crippen LogP contribution in [0.1, 0.15) is 36.0 Å². The fourth-order valence-corrected chi connectivity index (χ4v) is 1.43. The summed E-state index contributed by atoms with van der Waals surface area (Å²) >= 11 is 0. The summed E-state index contributed by atoms with van der Waals surface area (Å²) in [5.74, 6) is -0.468. The van der Waals surface area contributed by atoms with Gasteiger partial charge in [0.15, 0.2) is 12.1 Å². The number of carbonyl (C=O) groups excluding carboxylic acids is 2. The van der Waals surface area contributed by atoms with Gasteiger partial charge in [0.05, 0.1) is 7.11 Å². The predicted octanol–water partition coefficient (Wildman–Crippen LogP) is 1.05. The molecule has 0 saturated heterocycles. The molecule has 0 radical (unpaired) electrons. The largest absolute Gasteiger partial charge is 0.467 e. The van der Waals surface area contributed by atoms with Gasteiger partial charge in [-0.1, -0.05) is 13.3 Å². The molecule has 6 nitrogen and oxygen atoms in total. The lowest BCUT2D eigenvalue weighted by molar-refractivity contribution is -0.143. The first-order valence-electron chi connectivity index (χ1n) is 5.38. The Morgan fingerprint density at radius 3 is 2.76 bits per heavy atom. The number of aryl methyl sites for hydroxylation is 1. The van der Waals surface area contributed by atoms with Crippen LogP contribution in [0.2, 0.25) is 0 Å². The molecule has 0 bridgehead atoms. The Kier molecular flexibility index (Phi) is 4.68. The highest BCUT2D eigenvalue weighted by molar-refractivity contribution is 5.95. The molecule has 0 unspecified atom stereocenters. The Morgan fingerprint density at radius 1 is 1.59 bits per heavy atom. The van der Waals surface area contributed by atoms with Crippen molar-refractivity contribution in [3.8, 4) is 0 Å². The molecule has 17 heavy (non-hydrogen) atoms. The summed E-state index contributed by atoms with van der Waals surface area (Å²) < 4.78 is 9.54. The second kappa shape index (κ2) is 6.03. The van der Waals surface area contributed by atoms with E-state index < -0.39 is 17.9 Å². The van der Waals surface area contributed by atoms with E-state index in [1.54, 1.807) is 6.92 Å². The SMILES string of the molecule is CCC[C@@H](NC(=O)c1ncoc1C)C(=O)OC. The number of ether oxygens (including phenoxy) is 1. The van der Waals surface area contributed by atoms with Crippen molar-refractivity contribution >= 4 is 11.9 Å². The molecule has 1 aromatic heterocycles. The normalized spacial score (nSPS) is 11.9. The minimum atomic E-state index is -0.645. The van der Waals surface area contributed by atoms with Gasteiger partial charge in [0.25, 0.3) is 5.91 Å². The number of rotatable bonds is 5. The molecule has 0 aliphatic heterocycles. The Balaban J connectivity index is 2.71. The average molecular weight is 240 g/mol. The summed E-state index contributed by atoms with van der Waals surface area (Å²) in [5.41, 5.74) is 0.190. The van der Waals surface area contributed by atoms with Gasteiger partial charge in [0, 0.05) is 0 Å². The third-order valence-electron chi connectivity index (χ3n) is 2.33. The average Bonchev–Trinajstić information content (AvgIpc) is 2.73. The Bertz CT molecular complexity index is 400. The summed E-state index contributed by atoms with van der Waals surface area (Å²) in [6.45, 7) is 3.55. The number of carbonyl (C=O) groups is 2. The van der Waals surface area contributed by atoms with E-state index >= 15 is 0 Å². The molecule has 0 saturated carbocycles. The summed E-state index contributed by atoms with van der Waals surface area (Å²) in [7, 11) is 1.29. The molecule has 0 aliphatic rings. The van der Waals surface area contributed by atoms with E-state index in [0.29, 0.717) is 12.2 Å². The van der Waals surface area contributed by atoms with Crippen LogP contribution < -0.4 is 5.32 Å². The molecule has 0 aliphatic carbocycles. The molecule has 0 aromatic carbocycles. The fraction of sp³-hybridized carbons (Fsp3) is 0.545. The first-order chi connectivity index (χ1) is 8.10. The number of aromatic nitrogens is 1. The monoisotopic (exact) mass is 240 g/mol. The number of oxazole rings is 1. The lowest BCUT2D eigenvalue weighted by Gasteiger charge is -2.14. The zero-order chi connectivity index (χ0) is 12.8. The molecule has 0 fully saturated rings. The number of esters is 1. The molecule has 1 rings (SSSR count). The smallest absolute Gasteiger partial charge is 0.328 e. The lowest BCUT2D eigenvalue weighted by Crippen LogP contribution is -2.41. The van der Waals surface area contributed by atoms with E-state index in [0.717, 1.165) is 6.42 Å². The van der Waals surface area contributed by atoms with Gasteiger partial charge in [-0.3, -0.25) is 4.79 Å². The molecule has 1 aromatic rings. The summed E-state index contributed by atoms with van der Waals surface area (Å²) in [4.78, 5) is 27.0. The van der Waals surface area contributed by atoms with Gasteiger partial charge in [-0.05, 0) is 13.3 Å². The maximum absolute atomic E-state index is 11.8. The minimum absolute atomic E-state index is 0.190. The van der Waals surface area contributed by atoms with E-state index in [-0.39, 0.29) is 5.69 Å². The van der Waals surface area contributed by atoms with E-state index in [9.17, 15) is 9.59 Å². The Morgan fingerprint density at radius 2 is 2.29 bits per heavy atom. The van der Waals surface area contributed by atoms with Crippen molar-refractivity contribution in [1.29, 1.82) is 0 Å². The van der Waals surface area contributed by atoms with Crippen molar-refractivity contribution in [2.24, 2.45) is 0 Å². The lowest BCUT2D eigenvalue weighted by atomic mass is 10.1. The van der Waals surface area contributed by atoms with Crippen LogP contribution in [0.25, 0.3) is 0 Å². The number of hydrogen-bond acceptors (Lipinski definition) is 5. The van der Waals surface area contributed by atoms with Gasteiger partial charge in [-0.15, -0.1) is 0 Å². The Hall–Kier alpha value is -1.85. The molecular formula is C11H16N2O4. The third kappa shape index (κ3) is 3.30. The zero-order valence-electron chi connectivity index (χ0n) is 10.1. The molecule has 1 heterocycles. The summed E-state index contributed by atoms with van der Waals surface area (Å²) in [6, 6.07) is -0.645. The van der Waals surface area contributed by atoms with Gasteiger partial charge >= 0.3 is 5.97 Å². The number of amides is 1. The van der Waals surface area contributed by atoms with E-state index in [1.807, 2.05) is 6.92 Å². The molecule has 94 valence electrons. The van der Waals surface area contributed by atoms with Gasteiger partial charge in [0.2, 0.25) is 0 Å². The first kappa shape index (κ1) is 13.2. The van der Waals surface area contributed by atoms with E-state index in [1.165, 1.54) is 13.5 Å². The summed E-state index contributed by atoms with van der Waals surface area (Å²) in [6.07, 6.45) is 2.48. The zero-order valence-corrected chi connectivity index (χ0v) is 10.1. The van der Waals surface area contributed by atoms with Crippen molar-refractivity contribution < 1.29 is 18.7 Å². The van der Waals surface area contributed by atoms with Crippen LogP contribution in [0.5, 0.6) is 0 Å². The second-order valence-electron chi connectivity index (χ2n) is 3.60. The third-order valence-corrected chi connectivity index (χ3v) is 2.33. The van der Waals surface area contributed by atoms with Crippen LogP contribution in [-0.4, -0.2) is 30.0 Å². The van der Waals surface area contributed by atoms with E-state index in [2.05, 4.69) is 15.0 Å². The number of methoxy groups -OCH3 is 1. The van der Waals surface area contributed by atoms with Gasteiger partial charge in [-0.2, -0.15) is 0 Å². The molecule has 0 spiro atoms. The highest BCUT2D eigenvalue weighted by atomic mass is 16.5. The number of hydrogen-bond donors (Lipinski definition) is 1. The Labute approximate surface area is 99.4 Å². The predicted molar refractivity (Wildman–Crippen MR) is 59.4 cm³/mol. The van der Waals surface area contributed by atoms with Crippen molar-refractivity contribution in [3.05, 3.63) is 17.8 Å². The first-order valence-corrected chi connectivity index (χ1v) is 5.38.